The molecule has 12 heteroatoms. The minimum atomic E-state index is -1.17. The minimum absolute atomic E-state index is 0. The number of amides is 3. The number of hydrogen-bond acceptors (Lipinski definition) is 6. The molecule has 0 spiro atoms. The zero-order valence-electron chi connectivity index (χ0n) is 23.8. The fourth-order valence-corrected chi connectivity index (χ4v) is 4.83. The summed E-state index contributed by atoms with van der Waals surface area (Å²) in [6.07, 6.45) is 5.99. The van der Waals surface area contributed by atoms with E-state index in [1.165, 1.54) is 24.3 Å². The molecule has 0 radical (unpaired) electrons. The first-order valence-corrected chi connectivity index (χ1v) is 13.6. The number of carbonyl (C=O) groups excluding carboxylic acids is 3. The molecule has 0 aliphatic heterocycles. The summed E-state index contributed by atoms with van der Waals surface area (Å²) in [5, 5.41) is 13.1. The highest BCUT2D eigenvalue weighted by Gasteiger charge is 2.56. The summed E-state index contributed by atoms with van der Waals surface area (Å²) in [5.74, 6) is -0.506. The molecule has 1 fully saturated rings. The molecule has 1 saturated carbocycles. The number of aryl methyl sites for hydroxylation is 1. The predicted octanol–water partition coefficient (Wildman–Crippen LogP) is 5.71. The summed E-state index contributed by atoms with van der Waals surface area (Å²) in [6.45, 7) is 0. The molecule has 0 unspecified atom stereocenters. The number of aromatic nitrogens is 3. The normalized spacial score (nSPS) is 13.0. The maximum atomic E-state index is 13.2. The molecule has 6 rings (SSSR count). The third kappa shape index (κ3) is 5.95. The van der Waals surface area contributed by atoms with Gasteiger partial charge in [0.15, 0.2) is 0 Å². The number of nitrogens with one attached hydrogen (secondary N) is 3. The maximum absolute atomic E-state index is 13.2. The van der Waals surface area contributed by atoms with Gasteiger partial charge >= 0.3 is 0 Å². The second-order valence-electron chi connectivity index (χ2n) is 10.3. The number of hydrogen-bond donors (Lipinski definition) is 3. The van der Waals surface area contributed by atoms with E-state index in [1.54, 1.807) is 60.5 Å². The Balaban J connectivity index is 0.00000384. The van der Waals surface area contributed by atoms with Crippen LogP contribution in [0, 0.1) is 11.2 Å². The van der Waals surface area contributed by atoms with Crippen LogP contribution in [0.25, 0.3) is 22.0 Å². The Morgan fingerprint density at radius 1 is 0.932 bits per heavy atom. The number of nitrogens with zero attached hydrogens (tertiary/aromatic N) is 3. The van der Waals surface area contributed by atoms with Gasteiger partial charge in [0.05, 0.1) is 11.7 Å². The van der Waals surface area contributed by atoms with Crippen LogP contribution in [0.15, 0.2) is 85.3 Å². The van der Waals surface area contributed by atoms with Crippen molar-refractivity contribution in [1.82, 2.24) is 20.1 Å². The lowest BCUT2D eigenvalue weighted by Crippen LogP contribution is -2.35. The fourth-order valence-electron chi connectivity index (χ4n) is 4.83. The molecular formula is C32H28ClFN6O4. The summed E-state index contributed by atoms with van der Waals surface area (Å²) in [5.41, 5.74) is 2.33. The Morgan fingerprint density at radius 3 is 2.14 bits per heavy atom. The molecule has 3 amide bonds. The van der Waals surface area contributed by atoms with Crippen LogP contribution in [0.1, 0.15) is 23.2 Å². The Morgan fingerprint density at radius 2 is 1.57 bits per heavy atom. The number of carbonyl (C=O) groups is 3. The second kappa shape index (κ2) is 12.1. The van der Waals surface area contributed by atoms with Crippen molar-refractivity contribution in [3.8, 4) is 22.6 Å². The zero-order valence-corrected chi connectivity index (χ0v) is 24.6. The van der Waals surface area contributed by atoms with Crippen molar-refractivity contribution in [1.29, 1.82) is 0 Å². The molecular weight excluding hydrogens is 587 g/mol. The number of ether oxygens (including phenoxy) is 1. The van der Waals surface area contributed by atoms with Crippen molar-refractivity contribution in [2.45, 2.75) is 12.8 Å². The summed E-state index contributed by atoms with van der Waals surface area (Å²) in [4.78, 5) is 43.2. The average Bonchev–Trinajstić information content (AvgIpc) is 3.73. The smallest absolute Gasteiger partial charge is 0.251 e. The van der Waals surface area contributed by atoms with Crippen molar-refractivity contribution in [3.63, 3.8) is 0 Å². The molecule has 1 aliphatic carbocycles. The predicted molar refractivity (Wildman–Crippen MR) is 166 cm³/mol. The third-order valence-electron chi connectivity index (χ3n) is 7.39. The molecule has 224 valence electrons. The van der Waals surface area contributed by atoms with Gasteiger partial charge in [-0.1, -0.05) is 0 Å². The molecule has 3 aromatic carbocycles. The molecule has 44 heavy (non-hydrogen) atoms. The SMILES string of the molecule is CNC(=O)c1cc2c(Oc3ccc(NC(=O)C4(C(=O)Nc5ccc(F)cc5)CC4)cc3)ccnc2cc1-c1cnn(C)c1.Cl. The van der Waals surface area contributed by atoms with Gasteiger partial charge in [0, 0.05) is 54.4 Å². The zero-order chi connectivity index (χ0) is 30.1. The molecule has 5 aromatic rings. The Hall–Kier alpha value is -5.29. The van der Waals surface area contributed by atoms with Crippen LogP contribution in [0.5, 0.6) is 11.5 Å². The number of anilines is 2. The highest BCUT2D eigenvalue weighted by atomic mass is 35.5. The molecule has 10 nitrogen and oxygen atoms in total. The number of halogens is 2. The molecule has 1 aliphatic rings. The molecule has 0 bridgehead atoms. The van der Waals surface area contributed by atoms with Gasteiger partial charge in [-0.2, -0.15) is 5.10 Å². The van der Waals surface area contributed by atoms with Crippen molar-refractivity contribution >= 4 is 52.4 Å². The van der Waals surface area contributed by atoms with Crippen LogP contribution >= 0.6 is 12.4 Å². The van der Waals surface area contributed by atoms with E-state index in [2.05, 4.69) is 26.0 Å². The topological polar surface area (TPSA) is 127 Å². The third-order valence-corrected chi connectivity index (χ3v) is 7.39. The highest BCUT2D eigenvalue weighted by Crippen LogP contribution is 2.47. The lowest BCUT2D eigenvalue weighted by atomic mass is 9.98. The highest BCUT2D eigenvalue weighted by molar-refractivity contribution is 6.17. The lowest BCUT2D eigenvalue weighted by molar-refractivity contribution is -0.131. The first-order chi connectivity index (χ1) is 20.8. The Bertz CT molecular complexity index is 1870. The van der Waals surface area contributed by atoms with E-state index in [0.29, 0.717) is 57.7 Å². The largest absolute Gasteiger partial charge is 0.457 e. The second-order valence-corrected chi connectivity index (χ2v) is 10.3. The standard InChI is InChI=1S/C32H27FN6O4.ClH/c1-34-29(40)25-15-26-27(16-24(25)19-17-36-39(2)18-19)35-14-11-28(26)43-23-9-7-22(8-10-23)38-31(42)32(12-13-32)30(41)37-21-5-3-20(33)4-6-21;/h3-11,14-18H,12-13H2,1-2H3,(H,34,40)(H,37,41)(H,38,42);1H. The molecule has 2 aromatic heterocycles. The fraction of sp³-hybridized carbons (Fsp3) is 0.156. The summed E-state index contributed by atoms with van der Waals surface area (Å²) >= 11 is 0. The van der Waals surface area contributed by atoms with E-state index >= 15 is 0 Å². The van der Waals surface area contributed by atoms with Gasteiger partial charge in [0.2, 0.25) is 11.8 Å². The van der Waals surface area contributed by atoms with Crippen molar-refractivity contribution in [3.05, 3.63) is 96.7 Å². The first-order valence-electron chi connectivity index (χ1n) is 13.6. The van der Waals surface area contributed by atoms with Gasteiger partial charge in [-0.05, 0) is 85.1 Å². The lowest BCUT2D eigenvalue weighted by Gasteiger charge is -2.16. The quantitative estimate of drug-likeness (QED) is 0.192. The van der Waals surface area contributed by atoms with Gasteiger partial charge < -0.3 is 20.7 Å². The molecule has 0 atom stereocenters. The summed E-state index contributed by atoms with van der Waals surface area (Å²) in [7, 11) is 3.38. The van der Waals surface area contributed by atoms with E-state index < -0.39 is 23.0 Å². The number of benzene rings is 3. The van der Waals surface area contributed by atoms with E-state index in [-0.39, 0.29) is 18.3 Å². The van der Waals surface area contributed by atoms with Crippen LogP contribution in [0.4, 0.5) is 15.8 Å². The van der Waals surface area contributed by atoms with Crippen molar-refractivity contribution in [2.24, 2.45) is 12.5 Å². The van der Waals surface area contributed by atoms with Crippen LogP contribution in [0.3, 0.4) is 0 Å². The van der Waals surface area contributed by atoms with E-state index in [4.69, 9.17) is 4.74 Å². The van der Waals surface area contributed by atoms with Crippen molar-refractivity contribution in [2.75, 3.05) is 17.7 Å². The summed E-state index contributed by atoms with van der Waals surface area (Å²) < 4.78 is 21.0. The van der Waals surface area contributed by atoms with Gasteiger partial charge in [-0.15, -0.1) is 12.4 Å². The van der Waals surface area contributed by atoms with Crippen LogP contribution in [0.2, 0.25) is 0 Å². The Kier molecular flexibility index (Phi) is 8.32. The molecule has 3 N–H and O–H groups in total. The minimum Gasteiger partial charge on any atom is -0.457 e. The van der Waals surface area contributed by atoms with Gasteiger partial charge in [-0.25, -0.2) is 4.39 Å². The number of fused-ring (bicyclic) bond motifs is 1. The Labute approximate surface area is 258 Å². The maximum Gasteiger partial charge on any atom is 0.251 e. The molecule has 0 saturated heterocycles. The van der Waals surface area contributed by atoms with E-state index in [9.17, 15) is 18.8 Å². The van der Waals surface area contributed by atoms with Crippen molar-refractivity contribution < 1.29 is 23.5 Å². The monoisotopic (exact) mass is 614 g/mol. The van der Waals surface area contributed by atoms with Crippen LogP contribution in [-0.2, 0) is 16.6 Å². The summed E-state index contributed by atoms with van der Waals surface area (Å²) in [6, 6.07) is 17.4. The number of rotatable bonds is 8. The number of pyridine rings is 1. The van der Waals surface area contributed by atoms with Gasteiger partial charge in [-0.3, -0.25) is 24.0 Å². The van der Waals surface area contributed by atoms with Gasteiger partial charge in [0.1, 0.15) is 22.7 Å². The van der Waals surface area contributed by atoms with E-state index in [1.807, 2.05) is 19.3 Å². The van der Waals surface area contributed by atoms with Gasteiger partial charge in [0.25, 0.3) is 5.91 Å². The van der Waals surface area contributed by atoms with E-state index in [0.717, 1.165) is 5.56 Å². The molecule has 2 heterocycles. The average molecular weight is 615 g/mol. The van der Waals surface area contributed by atoms with Crippen LogP contribution < -0.4 is 20.7 Å². The van der Waals surface area contributed by atoms with Crippen LogP contribution in [-0.4, -0.2) is 39.5 Å². The first kappa shape index (κ1) is 30.2.